The summed E-state index contributed by atoms with van der Waals surface area (Å²) < 4.78 is 103. The maximum absolute atomic E-state index is 14.2. The minimum atomic E-state index is -4.69. The Labute approximate surface area is 201 Å². The molecule has 1 aliphatic heterocycles. The smallest absolute Gasteiger partial charge is 0.339 e. The van der Waals surface area contributed by atoms with Crippen molar-refractivity contribution in [2.45, 2.75) is 47.4 Å². The van der Waals surface area contributed by atoms with Crippen LogP contribution in [0.2, 0.25) is 0 Å². The van der Waals surface area contributed by atoms with Crippen LogP contribution in [0.5, 0.6) is 0 Å². The Morgan fingerprint density at radius 3 is 2.09 bits per heavy atom. The summed E-state index contributed by atoms with van der Waals surface area (Å²) in [5.74, 6) is -2.23. The fraction of sp³-hybridized carbons (Fsp3) is 0.435. The third-order valence-electron chi connectivity index (χ3n) is 6.50. The average molecular weight is 536 g/mol. The summed E-state index contributed by atoms with van der Waals surface area (Å²) >= 11 is 0. The van der Waals surface area contributed by atoms with E-state index < -0.39 is 63.6 Å². The van der Waals surface area contributed by atoms with Gasteiger partial charge in [0.25, 0.3) is 5.91 Å². The van der Waals surface area contributed by atoms with E-state index in [2.05, 4.69) is 0 Å². The third-order valence-corrected chi connectivity index (χ3v) is 10.2. The number of hydrogen-bond acceptors (Lipinski definition) is 5. The Balaban J connectivity index is 1.82. The van der Waals surface area contributed by atoms with Crippen molar-refractivity contribution in [3.05, 3.63) is 59.4 Å². The number of carbonyl (C=O) groups excluding carboxylic acids is 1. The summed E-state index contributed by atoms with van der Waals surface area (Å²) in [7, 11) is -8.20. The van der Waals surface area contributed by atoms with Gasteiger partial charge in [-0.2, -0.15) is 13.2 Å². The third kappa shape index (κ3) is 5.23. The number of hydrogen-bond donors (Lipinski definition) is 0. The summed E-state index contributed by atoms with van der Waals surface area (Å²) in [5.41, 5.74) is -1.37. The predicted octanol–water partition coefficient (Wildman–Crippen LogP) is 4.35. The highest BCUT2D eigenvalue weighted by atomic mass is 32.2. The molecule has 0 N–H and O–H groups in total. The molecule has 2 aromatic rings. The number of likely N-dealkylation sites (tertiary alicyclic amines) is 1. The van der Waals surface area contributed by atoms with Gasteiger partial charge < -0.3 is 4.90 Å². The molecule has 1 saturated heterocycles. The van der Waals surface area contributed by atoms with Gasteiger partial charge in [0.2, 0.25) is 0 Å². The monoisotopic (exact) mass is 535 g/mol. The highest BCUT2D eigenvalue weighted by molar-refractivity contribution is 7.92. The van der Waals surface area contributed by atoms with Crippen LogP contribution in [0.15, 0.2) is 52.3 Å². The first-order valence-corrected chi connectivity index (χ1v) is 14.0. The molecule has 0 unspecified atom stereocenters. The van der Waals surface area contributed by atoms with E-state index in [-0.39, 0.29) is 31.5 Å². The van der Waals surface area contributed by atoms with Gasteiger partial charge in [-0.25, -0.2) is 21.2 Å². The molecule has 192 valence electrons. The summed E-state index contributed by atoms with van der Waals surface area (Å²) in [6.45, 7) is 3.04. The molecule has 0 aromatic heterocycles. The van der Waals surface area contributed by atoms with Crippen LogP contribution in [0.1, 0.15) is 42.6 Å². The van der Waals surface area contributed by atoms with Crippen molar-refractivity contribution in [3.8, 4) is 0 Å². The molecular formula is C23H25F4NO5S2. The molecule has 1 heterocycles. The molecule has 6 nitrogen and oxygen atoms in total. The lowest BCUT2D eigenvalue weighted by atomic mass is 9.85. The quantitative estimate of drug-likeness (QED) is 0.531. The molecule has 0 saturated carbocycles. The van der Waals surface area contributed by atoms with Gasteiger partial charge in [-0.05, 0) is 62.9 Å². The van der Waals surface area contributed by atoms with Crippen LogP contribution in [-0.4, -0.2) is 51.7 Å². The van der Waals surface area contributed by atoms with Gasteiger partial charge >= 0.3 is 6.18 Å². The van der Waals surface area contributed by atoms with Crippen LogP contribution >= 0.6 is 0 Å². The number of piperidine rings is 1. The van der Waals surface area contributed by atoms with Crippen LogP contribution in [-0.2, 0) is 25.9 Å². The second-order valence-corrected chi connectivity index (χ2v) is 13.6. The van der Waals surface area contributed by atoms with Crippen LogP contribution in [0.25, 0.3) is 0 Å². The molecular weight excluding hydrogens is 510 g/mol. The second-order valence-electron chi connectivity index (χ2n) is 9.09. The molecule has 0 aliphatic carbocycles. The predicted molar refractivity (Wildman–Crippen MR) is 121 cm³/mol. The van der Waals surface area contributed by atoms with E-state index in [9.17, 15) is 39.2 Å². The Hall–Kier alpha value is -2.47. The first kappa shape index (κ1) is 27.1. The van der Waals surface area contributed by atoms with Crippen LogP contribution < -0.4 is 0 Å². The minimum Gasteiger partial charge on any atom is -0.339 e. The van der Waals surface area contributed by atoms with Gasteiger partial charge in [-0.15, -0.1) is 0 Å². The fourth-order valence-electron chi connectivity index (χ4n) is 4.36. The lowest BCUT2D eigenvalue weighted by molar-refractivity contribution is -0.137. The standard InChI is InChI=1S/C23H25F4NO5S2/c1-22(2,35(32,33)17-7-4-6-16(14-17)23(25,26)27)15-10-12-28(13-11-15)21(29)18-8-5-9-19(24)20(18)34(3,30)31/h4-9,14-15H,10-13H2,1-3H3. The largest absolute Gasteiger partial charge is 0.416 e. The van der Waals surface area contributed by atoms with E-state index in [1.807, 2.05) is 0 Å². The van der Waals surface area contributed by atoms with E-state index in [0.29, 0.717) is 6.07 Å². The Morgan fingerprint density at radius 2 is 1.54 bits per heavy atom. The normalized spacial score (nSPS) is 16.4. The number of carbonyl (C=O) groups is 1. The van der Waals surface area contributed by atoms with E-state index >= 15 is 0 Å². The summed E-state index contributed by atoms with van der Waals surface area (Å²) in [6.07, 6.45) is -3.47. The molecule has 1 amide bonds. The number of amides is 1. The molecule has 35 heavy (non-hydrogen) atoms. The average Bonchev–Trinajstić information content (AvgIpc) is 2.77. The van der Waals surface area contributed by atoms with Gasteiger partial charge in [0, 0.05) is 19.3 Å². The zero-order valence-corrected chi connectivity index (χ0v) is 20.9. The number of rotatable bonds is 5. The van der Waals surface area contributed by atoms with Crippen molar-refractivity contribution in [1.82, 2.24) is 4.90 Å². The van der Waals surface area contributed by atoms with Gasteiger partial charge in [-0.1, -0.05) is 12.1 Å². The summed E-state index contributed by atoms with van der Waals surface area (Å²) in [5, 5.41) is 0. The van der Waals surface area contributed by atoms with Gasteiger partial charge in [-0.3, -0.25) is 4.79 Å². The maximum Gasteiger partial charge on any atom is 0.416 e. The van der Waals surface area contributed by atoms with Crippen molar-refractivity contribution >= 4 is 25.6 Å². The molecule has 0 radical (unpaired) electrons. The lowest BCUT2D eigenvalue weighted by Crippen LogP contribution is -2.47. The first-order chi connectivity index (χ1) is 16.0. The molecule has 1 aliphatic rings. The maximum atomic E-state index is 14.2. The first-order valence-electron chi connectivity index (χ1n) is 10.7. The van der Waals surface area contributed by atoms with Crippen molar-refractivity contribution in [1.29, 1.82) is 0 Å². The van der Waals surface area contributed by atoms with Gasteiger partial charge in [0.05, 0.1) is 20.8 Å². The van der Waals surface area contributed by atoms with E-state index in [1.165, 1.54) is 30.9 Å². The summed E-state index contributed by atoms with van der Waals surface area (Å²) in [4.78, 5) is 13.2. The zero-order valence-electron chi connectivity index (χ0n) is 19.3. The minimum absolute atomic E-state index is 0.0742. The highest BCUT2D eigenvalue weighted by Crippen LogP contribution is 2.40. The molecule has 3 rings (SSSR count). The molecule has 12 heteroatoms. The number of alkyl halides is 3. The summed E-state index contributed by atoms with van der Waals surface area (Å²) in [6, 6.07) is 6.98. The molecule has 1 fully saturated rings. The van der Waals surface area contributed by atoms with Crippen LogP contribution in [0, 0.1) is 11.7 Å². The van der Waals surface area contributed by atoms with Crippen molar-refractivity contribution < 1.29 is 39.2 Å². The number of nitrogens with zero attached hydrogens (tertiary/aromatic N) is 1. The molecule has 2 aromatic carbocycles. The van der Waals surface area contributed by atoms with Crippen LogP contribution in [0.4, 0.5) is 17.6 Å². The molecule has 0 spiro atoms. The van der Waals surface area contributed by atoms with Gasteiger partial charge in [0.15, 0.2) is 19.7 Å². The molecule has 0 atom stereocenters. The topological polar surface area (TPSA) is 88.6 Å². The number of halogens is 4. The number of benzene rings is 2. The van der Waals surface area contributed by atoms with Crippen LogP contribution in [0.3, 0.4) is 0 Å². The highest BCUT2D eigenvalue weighted by Gasteiger charge is 2.45. The molecule has 0 bridgehead atoms. The fourth-order valence-corrected chi connectivity index (χ4v) is 7.16. The number of sulfone groups is 2. The van der Waals surface area contributed by atoms with Crippen molar-refractivity contribution in [2.75, 3.05) is 19.3 Å². The van der Waals surface area contributed by atoms with E-state index in [4.69, 9.17) is 0 Å². The SMILES string of the molecule is CC(C)(C1CCN(C(=O)c2cccc(F)c2S(C)(=O)=O)CC1)S(=O)(=O)c1cccc(C(F)(F)F)c1. The van der Waals surface area contributed by atoms with Crippen molar-refractivity contribution in [2.24, 2.45) is 5.92 Å². The second kappa shape index (κ2) is 9.20. The van der Waals surface area contributed by atoms with Crippen molar-refractivity contribution in [3.63, 3.8) is 0 Å². The Morgan fingerprint density at radius 1 is 0.971 bits per heavy atom. The van der Waals surface area contributed by atoms with E-state index in [0.717, 1.165) is 30.5 Å². The Kier molecular flexibility index (Phi) is 7.13. The van der Waals surface area contributed by atoms with E-state index in [1.54, 1.807) is 0 Å². The lowest BCUT2D eigenvalue weighted by Gasteiger charge is -2.40. The van der Waals surface area contributed by atoms with Gasteiger partial charge in [0.1, 0.15) is 10.7 Å². The Bertz CT molecular complexity index is 1340. The zero-order chi connectivity index (χ0) is 26.4.